The lowest BCUT2D eigenvalue weighted by atomic mass is 9.95. The molecule has 0 fully saturated rings. The van der Waals surface area contributed by atoms with Gasteiger partial charge in [-0.3, -0.25) is 14.7 Å². The van der Waals surface area contributed by atoms with E-state index in [-0.39, 0.29) is 17.5 Å². The fourth-order valence-electron chi connectivity index (χ4n) is 4.26. The number of hydrogen-bond acceptors (Lipinski definition) is 3. The number of carbonyl (C=O) groups is 1. The van der Waals surface area contributed by atoms with Crippen LogP contribution in [0.4, 0.5) is 0 Å². The van der Waals surface area contributed by atoms with Gasteiger partial charge in [-0.2, -0.15) is 0 Å². The SMILES string of the molecule is O=C(O)C(Cc1ccc(-c2ccccc2)cc1)NC(c1ccccc1)(c1ccccc1)P(=O)(O)O. The van der Waals surface area contributed by atoms with E-state index in [1.165, 1.54) is 0 Å². The minimum absolute atomic E-state index is 0.0336. The first-order chi connectivity index (χ1) is 16.8. The summed E-state index contributed by atoms with van der Waals surface area (Å²) < 4.78 is 13.1. The van der Waals surface area contributed by atoms with Crippen LogP contribution in [0.5, 0.6) is 0 Å². The number of aliphatic carboxylic acids is 1. The molecule has 0 saturated heterocycles. The average Bonchev–Trinajstić information content (AvgIpc) is 2.87. The van der Waals surface area contributed by atoms with Gasteiger partial charge in [0.1, 0.15) is 6.04 Å². The molecule has 7 heteroatoms. The number of carboxylic acid groups (broad SMARTS) is 1. The third kappa shape index (κ3) is 5.26. The highest BCUT2D eigenvalue weighted by atomic mass is 31.2. The summed E-state index contributed by atoms with van der Waals surface area (Å²) in [5, 5.41) is 10.9. The van der Waals surface area contributed by atoms with E-state index < -0.39 is 24.9 Å². The monoisotopic (exact) mass is 487 g/mol. The number of benzene rings is 4. The van der Waals surface area contributed by atoms with Crippen LogP contribution >= 0.6 is 7.60 Å². The van der Waals surface area contributed by atoms with Gasteiger partial charge in [0.25, 0.3) is 0 Å². The predicted molar refractivity (Wildman–Crippen MR) is 136 cm³/mol. The van der Waals surface area contributed by atoms with Crippen LogP contribution in [0.25, 0.3) is 11.1 Å². The third-order valence-electron chi connectivity index (χ3n) is 6.00. The highest BCUT2D eigenvalue weighted by Gasteiger charge is 2.51. The van der Waals surface area contributed by atoms with Crippen molar-refractivity contribution in [3.05, 3.63) is 132 Å². The predicted octanol–water partition coefficient (Wildman–Crippen LogP) is 5.02. The lowest BCUT2D eigenvalue weighted by molar-refractivity contribution is -0.139. The molecule has 178 valence electrons. The molecule has 4 aromatic rings. The molecule has 4 rings (SSSR count). The van der Waals surface area contributed by atoms with Crippen LogP contribution in [-0.2, 0) is 21.1 Å². The first kappa shape index (κ1) is 24.6. The van der Waals surface area contributed by atoms with Crippen molar-refractivity contribution in [2.75, 3.05) is 0 Å². The van der Waals surface area contributed by atoms with Crippen LogP contribution in [0.2, 0.25) is 0 Å². The van der Waals surface area contributed by atoms with Crippen molar-refractivity contribution in [3.8, 4) is 11.1 Å². The van der Waals surface area contributed by atoms with Gasteiger partial charge in [-0.1, -0.05) is 115 Å². The lowest BCUT2D eigenvalue weighted by Gasteiger charge is -2.38. The van der Waals surface area contributed by atoms with Gasteiger partial charge in [0.2, 0.25) is 0 Å². The van der Waals surface area contributed by atoms with Gasteiger partial charge in [0.05, 0.1) is 0 Å². The Morgan fingerprint density at radius 1 is 0.714 bits per heavy atom. The normalized spacial score (nSPS) is 12.7. The molecule has 6 nitrogen and oxygen atoms in total. The number of hydrogen-bond donors (Lipinski definition) is 4. The number of rotatable bonds is 9. The van der Waals surface area contributed by atoms with Gasteiger partial charge in [0.15, 0.2) is 5.28 Å². The third-order valence-corrected chi connectivity index (χ3v) is 7.52. The topological polar surface area (TPSA) is 107 Å². The maximum atomic E-state index is 13.1. The minimum atomic E-state index is -4.97. The molecule has 0 heterocycles. The molecular formula is C28H26NO5P. The quantitative estimate of drug-likeness (QED) is 0.247. The van der Waals surface area contributed by atoms with Crippen molar-refractivity contribution in [1.82, 2.24) is 5.32 Å². The summed E-state index contributed by atoms with van der Waals surface area (Å²) in [5.74, 6) is -1.21. The van der Waals surface area contributed by atoms with Crippen LogP contribution in [0, 0.1) is 0 Å². The van der Waals surface area contributed by atoms with Crippen LogP contribution in [0.3, 0.4) is 0 Å². The van der Waals surface area contributed by atoms with Crippen molar-refractivity contribution in [2.45, 2.75) is 17.7 Å². The van der Waals surface area contributed by atoms with Gasteiger partial charge < -0.3 is 14.9 Å². The van der Waals surface area contributed by atoms with Gasteiger partial charge >= 0.3 is 13.6 Å². The molecule has 0 aromatic heterocycles. The zero-order chi connectivity index (χ0) is 24.9. The highest BCUT2D eigenvalue weighted by Crippen LogP contribution is 2.59. The Kier molecular flexibility index (Phi) is 7.29. The second-order valence-electron chi connectivity index (χ2n) is 8.29. The van der Waals surface area contributed by atoms with Gasteiger partial charge in [-0.15, -0.1) is 0 Å². The van der Waals surface area contributed by atoms with E-state index in [2.05, 4.69) is 5.32 Å². The molecule has 0 aliphatic heterocycles. The van der Waals surface area contributed by atoms with E-state index >= 15 is 0 Å². The average molecular weight is 487 g/mol. The molecule has 0 aliphatic carbocycles. The first-order valence-electron chi connectivity index (χ1n) is 11.1. The summed E-state index contributed by atoms with van der Waals surface area (Å²) in [4.78, 5) is 33.6. The lowest BCUT2D eigenvalue weighted by Crippen LogP contribution is -2.52. The fourth-order valence-corrected chi connectivity index (χ4v) is 5.56. The Balaban J connectivity index is 1.73. The molecule has 0 bridgehead atoms. The molecule has 35 heavy (non-hydrogen) atoms. The van der Waals surface area contributed by atoms with Crippen molar-refractivity contribution in [3.63, 3.8) is 0 Å². The second-order valence-corrected chi connectivity index (χ2v) is 10.0. The summed E-state index contributed by atoms with van der Waals surface area (Å²) >= 11 is 0. The summed E-state index contributed by atoms with van der Waals surface area (Å²) in [6, 6.07) is 32.5. The van der Waals surface area contributed by atoms with E-state index in [9.17, 15) is 24.3 Å². The fraction of sp³-hybridized carbons (Fsp3) is 0.107. The van der Waals surface area contributed by atoms with E-state index in [1.807, 2.05) is 54.6 Å². The second kappa shape index (κ2) is 10.4. The zero-order valence-electron chi connectivity index (χ0n) is 18.9. The molecule has 4 N–H and O–H groups in total. The van der Waals surface area contributed by atoms with Gasteiger partial charge in [0, 0.05) is 0 Å². The maximum Gasteiger partial charge on any atom is 0.354 e. The minimum Gasteiger partial charge on any atom is -0.480 e. The molecule has 0 saturated carbocycles. The first-order valence-corrected chi connectivity index (χ1v) is 12.7. The summed E-state index contributed by atoms with van der Waals surface area (Å²) in [6.07, 6.45) is 0.0336. The van der Waals surface area contributed by atoms with Crippen LogP contribution in [0.15, 0.2) is 115 Å². The van der Waals surface area contributed by atoms with Crippen LogP contribution < -0.4 is 5.32 Å². The molecular weight excluding hydrogens is 461 g/mol. The van der Waals surface area contributed by atoms with E-state index in [1.54, 1.807) is 60.7 Å². The Morgan fingerprint density at radius 2 is 1.14 bits per heavy atom. The highest BCUT2D eigenvalue weighted by molar-refractivity contribution is 7.53. The van der Waals surface area contributed by atoms with Crippen molar-refractivity contribution in [2.24, 2.45) is 0 Å². The smallest absolute Gasteiger partial charge is 0.354 e. The molecule has 0 radical (unpaired) electrons. The van der Waals surface area contributed by atoms with Crippen molar-refractivity contribution >= 4 is 13.6 Å². The van der Waals surface area contributed by atoms with E-state index in [0.717, 1.165) is 16.7 Å². The Morgan fingerprint density at radius 3 is 1.57 bits per heavy atom. The number of nitrogens with one attached hydrogen (secondary N) is 1. The Labute approximate surface area is 204 Å². The molecule has 0 spiro atoms. The molecule has 4 aromatic carbocycles. The molecule has 1 atom stereocenters. The van der Waals surface area contributed by atoms with Crippen LogP contribution in [0.1, 0.15) is 16.7 Å². The summed E-state index contributed by atoms with van der Waals surface area (Å²) in [7, 11) is -4.97. The molecule has 0 amide bonds. The van der Waals surface area contributed by atoms with Gasteiger partial charge in [-0.05, 0) is 34.2 Å². The molecule has 0 aliphatic rings. The van der Waals surface area contributed by atoms with E-state index in [4.69, 9.17) is 0 Å². The zero-order valence-corrected chi connectivity index (χ0v) is 19.8. The summed E-state index contributed by atoms with van der Waals surface area (Å²) in [6.45, 7) is 0. The van der Waals surface area contributed by atoms with Crippen LogP contribution in [-0.4, -0.2) is 26.9 Å². The molecule has 1 unspecified atom stereocenters. The standard InChI is InChI=1S/C28H26NO5P/c30-27(31)26(20-21-16-18-23(19-17-21)22-10-4-1-5-11-22)29-28(35(32,33)34,24-12-6-2-7-13-24)25-14-8-3-9-15-25/h1-19,26,29H,20H2,(H,30,31)(H2,32,33,34). The Bertz CT molecular complexity index is 1270. The van der Waals surface area contributed by atoms with Crippen molar-refractivity contribution in [1.29, 1.82) is 0 Å². The maximum absolute atomic E-state index is 13.1. The number of carboxylic acids is 1. The van der Waals surface area contributed by atoms with E-state index in [0.29, 0.717) is 0 Å². The summed E-state index contributed by atoms with van der Waals surface area (Å²) in [5.41, 5.74) is 3.33. The largest absolute Gasteiger partial charge is 0.480 e. The van der Waals surface area contributed by atoms with Gasteiger partial charge in [-0.25, -0.2) is 0 Å². The Hall–Kier alpha value is -3.54. The van der Waals surface area contributed by atoms with Crippen molar-refractivity contribution < 1.29 is 24.3 Å².